The molecule has 1 unspecified atom stereocenters. The van der Waals surface area contributed by atoms with Gasteiger partial charge in [0.1, 0.15) is 5.82 Å². The van der Waals surface area contributed by atoms with Crippen molar-refractivity contribution in [2.45, 2.75) is 18.7 Å². The third-order valence-corrected chi connectivity index (χ3v) is 2.32. The highest BCUT2D eigenvalue weighted by atomic mass is 35.5. The van der Waals surface area contributed by atoms with Crippen molar-refractivity contribution in [1.29, 1.82) is 0 Å². The lowest BCUT2D eigenvalue weighted by Gasteiger charge is -2.26. The zero-order valence-electron chi connectivity index (χ0n) is 7.57. The van der Waals surface area contributed by atoms with E-state index in [2.05, 4.69) is 0 Å². The van der Waals surface area contributed by atoms with Crippen molar-refractivity contribution < 1.29 is 22.7 Å². The average Bonchev–Trinajstić information content (AvgIpc) is 2.07. The van der Waals surface area contributed by atoms with E-state index >= 15 is 0 Å². The second kappa shape index (κ2) is 3.64. The van der Waals surface area contributed by atoms with Crippen LogP contribution in [0.1, 0.15) is 12.5 Å². The molecule has 0 aliphatic carbocycles. The molecule has 0 radical (unpaired) electrons. The summed E-state index contributed by atoms with van der Waals surface area (Å²) in [6.45, 7) is 0.580. The summed E-state index contributed by atoms with van der Waals surface area (Å²) in [5.41, 5.74) is -3.54. The largest absolute Gasteiger partial charge is 0.421 e. The van der Waals surface area contributed by atoms with Gasteiger partial charge in [-0.15, -0.1) is 0 Å². The van der Waals surface area contributed by atoms with Crippen LogP contribution in [0.25, 0.3) is 0 Å². The first kappa shape index (κ1) is 12.3. The van der Waals surface area contributed by atoms with Crippen LogP contribution in [0.2, 0.25) is 5.02 Å². The van der Waals surface area contributed by atoms with Crippen LogP contribution in [0.3, 0.4) is 0 Å². The molecule has 0 amide bonds. The average molecular weight is 243 g/mol. The normalized spacial score (nSPS) is 16.2. The highest BCUT2D eigenvalue weighted by Gasteiger charge is 2.51. The Balaban J connectivity index is 3.22. The Hall–Kier alpha value is -0.810. The van der Waals surface area contributed by atoms with E-state index in [1.54, 1.807) is 0 Å². The number of rotatable bonds is 1. The van der Waals surface area contributed by atoms with Crippen LogP contribution in [-0.2, 0) is 5.60 Å². The molecule has 0 spiro atoms. The number of aliphatic hydroxyl groups is 1. The standard InChI is InChI=1S/C9H7ClF4O/c1-8(15,9(12,13)14)5-2-3-7(11)6(10)4-5/h2-4,15H,1H3. The summed E-state index contributed by atoms with van der Waals surface area (Å²) in [4.78, 5) is 0. The molecule has 84 valence electrons. The summed E-state index contributed by atoms with van der Waals surface area (Å²) in [6, 6.07) is 2.37. The Morgan fingerprint density at radius 3 is 2.20 bits per heavy atom. The van der Waals surface area contributed by atoms with Gasteiger partial charge in [-0.2, -0.15) is 13.2 Å². The molecule has 0 saturated heterocycles. The Bertz CT molecular complexity index is 373. The Labute approximate surface area is 88.3 Å². The van der Waals surface area contributed by atoms with Crippen molar-refractivity contribution in [3.05, 3.63) is 34.6 Å². The third-order valence-electron chi connectivity index (χ3n) is 2.03. The Morgan fingerprint density at radius 1 is 1.27 bits per heavy atom. The summed E-state index contributed by atoms with van der Waals surface area (Å²) in [5, 5.41) is 8.77. The summed E-state index contributed by atoms with van der Waals surface area (Å²) in [5.74, 6) is -0.835. The van der Waals surface area contributed by atoms with Gasteiger partial charge in [-0.1, -0.05) is 17.7 Å². The number of halogens is 5. The molecule has 1 aromatic rings. The van der Waals surface area contributed by atoms with Crippen molar-refractivity contribution in [3.8, 4) is 0 Å². The fourth-order valence-electron chi connectivity index (χ4n) is 0.963. The molecular weight excluding hydrogens is 236 g/mol. The highest BCUT2D eigenvalue weighted by molar-refractivity contribution is 6.30. The van der Waals surface area contributed by atoms with E-state index in [9.17, 15) is 22.7 Å². The maximum absolute atomic E-state index is 12.7. The lowest BCUT2D eigenvalue weighted by molar-refractivity contribution is -0.258. The molecular formula is C9H7ClF4O. The maximum Gasteiger partial charge on any atom is 0.421 e. The molecule has 0 heterocycles. The van der Waals surface area contributed by atoms with Crippen LogP contribution in [0.5, 0.6) is 0 Å². The molecule has 1 N–H and O–H groups in total. The van der Waals surface area contributed by atoms with Crippen molar-refractivity contribution in [3.63, 3.8) is 0 Å². The number of alkyl halides is 3. The third kappa shape index (κ3) is 2.23. The fourth-order valence-corrected chi connectivity index (χ4v) is 1.14. The van der Waals surface area contributed by atoms with Gasteiger partial charge in [0.25, 0.3) is 0 Å². The number of benzene rings is 1. The number of hydrogen-bond donors (Lipinski definition) is 1. The van der Waals surface area contributed by atoms with Crippen LogP contribution in [0, 0.1) is 5.82 Å². The van der Waals surface area contributed by atoms with Crippen molar-refractivity contribution >= 4 is 11.6 Å². The molecule has 1 aromatic carbocycles. The zero-order chi connectivity index (χ0) is 11.9. The Morgan fingerprint density at radius 2 is 1.80 bits per heavy atom. The summed E-state index contributed by atoms with van der Waals surface area (Å²) in [6.07, 6.45) is -4.84. The molecule has 6 heteroatoms. The second-order valence-electron chi connectivity index (χ2n) is 3.20. The molecule has 0 aliphatic rings. The SMILES string of the molecule is CC(O)(c1ccc(F)c(Cl)c1)C(F)(F)F. The van der Waals surface area contributed by atoms with E-state index in [0.717, 1.165) is 18.2 Å². The van der Waals surface area contributed by atoms with Gasteiger partial charge in [-0.3, -0.25) is 0 Å². The van der Waals surface area contributed by atoms with Gasteiger partial charge < -0.3 is 5.11 Å². The number of hydrogen-bond acceptors (Lipinski definition) is 1. The minimum Gasteiger partial charge on any atom is -0.376 e. The molecule has 0 aliphatic heterocycles. The predicted octanol–water partition coefficient (Wildman–Crippen LogP) is 3.25. The minimum absolute atomic E-state index is 0.461. The molecule has 0 fully saturated rings. The van der Waals surface area contributed by atoms with E-state index in [0.29, 0.717) is 6.92 Å². The molecule has 0 bridgehead atoms. The van der Waals surface area contributed by atoms with Crippen LogP contribution < -0.4 is 0 Å². The molecule has 0 aromatic heterocycles. The quantitative estimate of drug-likeness (QED) is 0.750. The lowest BCUT2D eigenvalue weighted by atomic mass is 9.95. The van der Waals surface area contributed by atoms with Crippen molar-refractivity contribution in [2.75, 3.05) is 0 Å². The smallest absolute Gasteiger partial charge is 0.376 e. The van der Waals surface area contributed by atoms with Gasteiger partial charge in [0.15, 0.2) is 5.60 Å². The lowest BCUT2D eigenvalue weighted by Crippen LogP contribution is -2.39. The van der Waals surface area contributed by atoms with Gasteiger partial charge in [-0.25, -0.2) is 4.39 Å². The first-order valence-corrected chi connectivity index (χ1v) is 4.28. The molecule has 1 atom stereocenters. The predicted molar refractivity (Wildman–Crippen MR) is 47.0 cm³/mol. The van der Waals surface area contributed by atoms with Crippen LogP contribution in [0.15, 0.2) is 18.2 Å². The summed E-state index contributed by atoms with van der Waals surface area (Å²) in [7, 11) is 0. The summed E-state index contributed by atoms with van der Waals surface area (Å²) < 4.78 is 49.8. The van der Waals surface area contributed by atoms with Crippen LogP contribution in [-0.4, -0.2) is 11.3 Å². The maximum atomic E-state index is 12.7. The minimum atomic E-state index is -4.84. The van der Waals surface area contributed by atoms with Gasteiger partial charge in [-0.05, 0) is 24.6 Å². The first-order valence-electron chi connectivity index (χ1n) is 3.91. The van der Waals surface area contributed by atoms with Gasteiger partial charge in [0, 0.05) is 0 Å². The Kier molecular flexibility index (Phi) is 2.98. The summed E-state index contributed by atoms with van der Waals surface area (Å²) >= 11 is 5.32. The monoisotopic (exact) mass is 242 g/mol. The zero-order valence-corrected chi connectivity index (χ0v) is 8.33. The molecule has 1 rings (SSSR count). The topological polar surface area (TPSA) is 20.2 Å². The van der Waals surface area contributed by atoms with E-state index in [1.165, 1.54) is 0 Å². The van der Waals surface area contributed by atoms with Gasteiger partial charge in [0.05, 0.1) is 5.02 Å². The first-order chi connectivity index (χ1) is 6.66. The van der Waals surface area contributed by atoms with Crippen molar-refractivity contribution in [2.24, 2.45) is 0 Å². The van der Waals surface area contributed by atoms with Crippen LogP contribution in [0.4, 0.5) is 17.6 Å². The van der Waals surface area contributed by atoms with E-state index in [4.69, 9.17) is 11.6 Å². The fraction of sp³-hybridized carbons (Fsp3) is 0.333. The van der Waals surface area contributed by atoms with Gasteiger partial charge >= 0.3 is 6.18 Å². The molecule has 1 nitrogen and oxygen atoms in total. The highest BCUT2D eigenvalue weighted by Crippen LogP contribution is 2.39. The van der Waals surface area contributed by atoms with E-state index < -0.39 is 28.2 Å². The molecule has 15 heavy (non-hydrogen) atoms. The molecule has 0 saturated carbocycles. The van der Waals surface area contributed by atoms with E-state index in [1.807, 2.05) is 0 Å². The second-order valence-corrected chi connectivity index (χ2v) is 3.61. The van der Waals surface area contributed by atoms with Gasteiger partial charge in [0.2, 0.25) is 0 Å². The van der Waals surface area contributed by atoms with Crippen molar-refractivity contribution in [1.82, 2.24) is 0 Å². The van der Waals surface area contributed by atoms with Crippen LogP contribution >= 0.6 is 11.6 Å². The van der Waals surface area contributed by atoms with E-state index in [-0.39, 0.29) is 0 Å².